The van der Waals surface area contributed by atoms with Gasteiger partial charge in [-0.25, -0.2) is 0 Å². The monoisotopic (exact) mass is 494 g/mol. The first-order valence-corrected chi connectivity index (χ1v) is 12.8. The van der Waals surface area contributed by atoms with Crippen molar-refractivity contribution in [2.75, 3.05) is 19.7 Å². The summed E-state index contributed by atoms with van der Waals surface area (Å²) in [6, 6.07) is 12.5. The minimum absolute atomic E-state index is 0.000355. The highest BCUT2D eigenvalue weighted by molar-refractivity contribution is 5.95. The maximum Gasteiger partial charge on any atom is 0.306 e. The van der Waals surface area contributed by atoms with Crippen LogP contribution < -0.4 is 20.1 Å². The Morgan fingerprint density at radius 2 is 1.47 bits per heavy atom. The average Bonchev–Trinajstić information content (AvgIpc) is 3.73. The van der Waals surface area contributed by atoms with Crippen LogP contribution in [0.3, 0.4) is 0 Å². The van der Waals surface area contributed by atoms with Gasteiger partial charge >= 0.3 is 5.97 Å². The highest BCUT2D eigenvalue weighted by atomic mass is 16.5. The summed E-state index contributed by atoms with van der Waals surface area (Å²) in [7, 11) is 0. The second-order valence-corrected chi connectivity index (χ2v) is 9.43. The van der Waals surface area contributed by atoms with E-state index in [2.05, 4.69) is 10.6 Å². The van der Waals surface area contributed by atoms with E-state index >= 15 is 0 Å². The predicted molar refractivity (Wildman–Crippen MR) is 135 cm³/mol. The fourth-order valence-electron chi connectivity index (χ4n) is 4.55. The summed E-state index contributed by atoms with van der Waals surface area (Å²) in [4.78, 5) is 36.1. The zero-order chi connectivity index (χ0) is 25.5. The fraction of sp³-hybridized carbons (Fsp3) is 0.464. The van der Waals surface area contributed by atoms with E-state index in [1.54, 1.807) is 30.3 Å². The molecule has 0 saturated heterocycles. The molecule has 0 bridgehead atoms. The van der Waals surface area contributed by atoms with Crippen molar-refractivity contribution >= 4 is 17.8 Å². The number of amides is 2. The molecule has 0 aromatic heterocycles. The first-order valence-electron chi connectivity index (χ1n) is 12.8. The largest absolute Gasteiger partial charge is 0.494 e. The number of ether oxygens (including phenoxy) is 2. The smallest absolute Gasteiger partial charge is 0.306 e. The van der Waals surface area contributed by atoms with Crippen LogP contribution in [0.15, 0.2) is 42.5 Å². The molecule has 0 unspecified atom stereocenters. The molecule has 192 valence electrons. The van der Waals surface area contributed by atoms with E-state index in [-0.39, 0.29) is 23.8 Å². The van der Waals surface area contributed by atoms with E-state index in [0.717, 1.165) is 24.2 Å². The minimum atomic E-state index is -0.734. The Labute approximate surface area is 211 Å². The van der Waals surface area contributed by atoms with E-state index in [1.165, 1.54) is 0 Å². The van der Waals surface area contributed by atoms with Crippen molar-refractivity contribution in [2.45, 2.75) is 57.5 Å². The summed E-state index contributed by atoms with van der Waals surface area (Å²) in [5, 5.41) is 14.8. The van der Waals surface area contributed by atoms with E-state index in [9.17, 15) is 14.4 Å². The standard InChI is InChI=1S/C28H34N2O6/c1-2-35-25-14-9-21(17-24(25)18-3-4-18)27(32)30-16-15-29-26(31)19-5-10-22(11-6-19)36-23-12-7-20(8-13-23)28(33)34/h5-6,9-11,14,17-18,20,23H,2-4,7-8,12-13,15-16H2,1H3,(H,29,31)(H,30,32)(H,33,34)/t20-,23+. The number of hydrogen-bond acceptors (Lipinski definition) is 5. The molecule has 4 rings (SSSR count). The van der Waals surface area contributed by atoms with E-state index in [0.29, 0.717) is 68.2 Å². The molecule has 2 saturated carbocycles. The predicted octanol–water partition coefficient (Wildman–Crippen LogP) is 4.14. The number of hydrogen-bond donors (Lipinski definition) is 3. The summed E-state index contributed by atoms with van der Waals surface area (Å²) in [6.07, 6.45) is 4.91. The number of carboxylic acid groups (broad SMARTS) is 1. The Hall–Kier alpha value is -3.55. The van der Waals surface area contributed by atoms with Crippen molar-refractivity contribution in [3.05, 3.63) is 59.2 Å². The zero-order valence-electron chi connectivity index (χ0n) is 20.6. The number of rotatable bonds is 11. The van der Waals surface area contributed by atoms with E-state index < -0.39 is 5.97 Å². The third-order valence-electron chi connectivity index (χ3n) is 6.73. The van der Waals surface area contributed by atoms with Gasteiger partial charge in [-0.3, -0.25) is 14.4 Å². The molecule has 0 aliphatic heterocycles. The van der Waals surface area contributed by atoms with Crippen molar-refractivity contribution in [2.24, 2.45) is 5.92 Å². The second kappa shape index (κ2) is 11.9. The number of aliphatic carboxylic acids is 1. The van der Waals surface area contributed by atoms with Crippen molar-refractivity contribution < 1.29 is 29.0 Å². The molecular weight excluding hydrogens is 460 g/mol. The Bertz CT molecular complexity index is 1070. The first kappa shape index (κ1) is 25.5. The molecular formula is C28H34N2O6. The topological polar surface area (TPSA) is 114 Å². The highest BCUT2D eigenvalue weighted by Gasteiger charge is 2.28. The average molecular weight is 495 g/mol. The Morgan fingerprint density at radius 3 is 2.06 bits per heavy atom. The van der Waals surface area contributed by atoms with Crippen LogP contribution in [0.1, 0.15) is 77.6 Å². The lowest BCUT2D eigenvalue weighted by atomic mass is 9.87. The third-order valence-corrected chi connectivity index (χ3v) is 6.73. The molecule has 0 heterocycles. The number of nitrogens with one attached hydrogen (secondary N) is 2. The van der Waals surface area contributed by atoms with E-state index in [1.807, 2.05) is 19.1 Å². The normalized spacial score (nSPS) is 19.2. The molecule has 0 atom stereocenters. The molecule has 2 aromatic rings. The molecule has 2 aliphatic rings. The van der Waals surface area contributed by atoms with Crippen molar-refractivity contribution in [3.63, 3.8) is 0 Å². The second-order valence-electron chi connectivity index (χ2n) is 9.43. The van der Waals surface area contributed by atoms with Gasteiger partial charge in [0.25, 0.3) is 11.8 Å². The van der Waals surface area contributed by atoms with Crippen LogP contribution in [-0.2, 0) is 4.79 Å². The zero-order valence-corrected chi connectivity index (χ0v) is 20.6. The van der Waals surface area contributed by atoms with Crippen molar-refractivity contribution in [3.8, 4) is 11.5 Å². The molecule has 0 radical (unpaired) electrons. The number of carbonyl (C=O) groups excluding carboxylic acids is 2. The van der Waals surface area contributed by atoms with Crippen LogP contribution in [0.2, 0.25) is 0 Å². The van der Waals surface area contributed by atoms with Crippen LogP contribution in [-0.4, -0.2) is 48.7 Å². The third kappa shape index (κ3) is 6.77. The van der Waals surface area contributed by atoms with Gasteiger partial charge in [0.1, 0.15) is 11.5 Å². The number of carbonyl (C=O) groups is 3. The van der Waals surface area contributed by atoms with Crippen LogP contribution in [0, 0.1) is 5.92 Å². The molecule has 8 heteroatoms. The van der Waals surface area contributed by atoms with Gasteiger partial charge in [0, 0.05) is 24.2 Å². The van der Waals surface area contributed by atoms with Gasteiger partial charge in [-0.05, 0) is 99.4 Å². The Morgan fingerprint density at radius 1 is 0.861 bits per heavy atom. The Kier molecular flexibility index (Phi) is 8.46. The summed E-state index contributed by atoms with van der Waals surface area (Å²) in [5.74, 6) is 0.582. The molecule has 2 amide bonds. The highest BCUT2D eigenvalue weighted by Crippen LogP contribution is 2.44. The molecule has 3 N–H and O–H groups in total. The van der Waals surface area contributed by atoms with E-state index in [4.69, 9.17) is 14.6 Å². The van der Waals surface area contributed by atoms with Gasteiger partial charge in [-0.15, -0.1) is 0 Å². The van der Waals surface area contributed by atoms with Gasteiger partial charge in [0.2, 0.25) is 0 Å². The fourth-order valence-corrected chi connectivity index (χ4v) is 4.55. The molecule has 8 nitrogen and oxygen atoms in total. The summed E-state index contributed by atoms with van der Waals surface area (Å²) in [5.41, 5.74) is 2.20. The van der Waals surface area contributed by atoms with Gasteiger partial charge in [-0.1, -0.05) is 0 Å². The van der Waals surface area contributed by atoms with Crippen LogP contribution in [0.25, 0.3) is 0 Å². The summed E-state index contributed by atoms with van der Waals surface area (Å²) >= 11 is 0. The lowest BCUT2D eigenvalue weighted by Gasteiger charge is -2.26. The Balaban J connectivity index is 1.19. The first-order chi connectivity index (χ1) is 17.4. The van der Waals surface area contributed by atoms with Crippen LogP contribution in [0.5, 0.6) is 11.5 Å². The lowest BCUT2D eigenvalue weighted by molar-refractivity contribution is -0.143. The molecule has 2 fully saturated rings. The quantitative estimate of drug-likeness (QED) is 0.405. The summed E-state index contributed by atoms with van der Waals surface area (Å²) < 4.78 is 11.6. The van der Waals surface area contributed by atoms with Gasteiger partial charge in [0.05, 0.1) is 18.6 Å². The van der Waals surface area contributed by atoms with Gasteiger partial charge in [-0.2, -0.15) is 0 Å². The number of benzene rings is 2. The molecule has 2 aliphatic carbocycles. The summed E-state index contributed by atoms with van der Waals surface area (Å²) in [6.45, 7) is 3.17. The number of carboxylic acids is 1. The van der Waals surface area contributed by atoms with Crippen LogP contribution >= 0.6 is 0 Å². The minimum Gasteiger partial charge on any atom is -0.494 e. The molecule has 0 spiro atoms. The van der Waals surface area contributed by atoms with Gasteiger partial charge < -0.3 is 25.2 Å². The van der Waals surface area contributed by atoms with Crippen molar-refractivity contribution in [1.29, 1.82) is 0 Å². The molecule has 2 aromatic carbocycles. The maximum atomic E-state index is 12.6. The SMILES string of the molecule is CCOc1ccc(C(=O)NCCNC(=O)c2ccc(O[C@H]3CC[C@@H](C(=O)O)CC3)cc2)cc1C1CC1. The van der Waals surface area contributed by atoms with Gasteiger partial charge in [0.15, 0.2) is 0 Å². The maximum absolute atomic E-state index is 12.6. The van der Waals surface area contributed by atoms with Crippen molar-refractivity contribution in [1.82, 2.24) is 10.6 Å². The molecule has 36 heavy (non-hydrogen) atoms. The lowest BCUT2D eigenvalue weighted by Crippen LogP contribution is -2.34. The van der Waals surface area contributed by atoms with Crippen LogP contribution in [0.4, 0.5) is 0 Å².